The van der Waals surface area contributed by atoms with Crippen molar-refractivity contribution in [3.63, 3.8) is 0 Å². The van der Waals surface area contributed by atoms with Crippen LogP contribution >= 0.6 is 15.9 Å². The zero-order valence-corrected chi connectivity index (χ0v) is 21.9. The molecule has 2 aliphatic heterocycles. The van der Waals surface area contributed by atoms with Crippen LogP contribution in [-0.2, 0) is 10.0 Å². The maximum absolute atomic E-state index is 13.0. The van der Waals surface area contributed by atoms with Gasteiger partial charge in [0, 0.05) is 56.2 Å². The molecule has 3 heterocycles. The number of nitrogens with one attached hydrogen (secondary N) is 1. The van der Waals surface area contributed by atoms with Gasteiger partial charge in [-0.05, 0) is 67.7 Å². The maximum atomic E-state index is 13.0. The number of amides is 1. The van der Waals surface area contributed by atoms with E-state index in [4.69, 9.17) is 4.74 Å². The molecule has 0 unspecified atom stereocenters. The molecule has 2 saturated heterocycles. The Morgan fingerprint density at radius 3 is 2.39 bits per heavy atom. The second-order valence-corrected chi connectivity index (χ2v) is 12.2. The lowest BCUT2D eigenvalue weighted by atomic mass is 10.1. The van der Waals surface area contributed by atoms with Gasteiger partial charge in [0.2, 0.25) is 10.0 Å². The number of fused-ring (bicyclic) bond motifs is 1. The molecule has 33 heavy (non-hydrogen) atoms. The van der Waals surface area contributed by atoms with Crippen molar-refractivity contribution in [3.05, 3.63) is 28.4 Å². The van der Waals surface area contributed by atoms with Crippen LogP contribution in [0.4, 0.5) is 0 Å². The number of rotatable bonds is 6. The van der Waals surface area contributed by atoms with E-state index in [0.717, 1.165) is 47.1 Å². The number of sulfonamides is 1. The van der Waals surface area contributed by atoms with Crippen molar-refractivity contribution in [1.82, 2.24) is 19.1 Å². The van der Waals surface area contributed by atoms with E-state index >= 15 is 0 Å². The molecule has 0 bridgehead atoms. The van der Waals surface area contributed by atoms with Crippen molar-refractivity contribution in [2.45, 2.75) is 45.8 Å². The summed E-state index contributed by atoms with van der Waals surface area (Å²) < 4.78 is 32.8. The van der Waals surface area contributed by atoms with Crippen LogP contribution in [0, 0.1) is 0 Å². The minimum Gasteiger partial charge on any atom is -0.489 e. The molecule has 1 N–H and O–H groups in total. The van der Waals surface area contributed by atoms with Gasteiger partial charge in [0.15, 0.2) is 0 Å². The molecule has 0 saturated carbocycles. The molecular weight excluding hydrogens is 508 g/mol. The van der Waals surface area contributed by atoms with Gasteiger partial charge in [-0.1, -0.05) is 0 Å². The third-order valence-corrected chi connectivity index (χ3v) is 9.19. The molecule has 182 valence electrons. The summed E-state index contributed by atoms with van der Waals surface area (Å²) in [5.41, 5.74) is 1.37. The molecule has 2 aromatic rings. The number of piperidine rings is 1. The normalized spacial score (nSPS) is 19.5. The van der Waals surface area contributed by atoms with E-state index in [9.17, 15) is 13.2 Å². The first kappa shape index (κ1) is 24.5. The number of piperazine rings is 1. The number of aromatic nitrogens is 1. The first-order valence-corrected chi connectivity index (χ1v) is 14.1. The van der Waals surface area contributed by atoms with Gasteiger partial charge >= 0.3 is 0 Å². The van der Waals surface area contributed by atoms with Crippen LogP contribution in [0.5, 0.6) is 5.75 Å². The maximum Gasteiger partial charge on any atom is 0.270 e. The van der Waals surface area contributed by atoms with Crippen LogP contribution < -0.4 is 4.74 Å². The predicted molar refractivity (Wildman–Crippen MR) is 133 cm³/mol. The second kappa shape index (κ2) is 9.93. The number of hydrogen-bond acceptors (Lipinski definition) is 5. The molecule has 1 aromatic carbocycles. The highest BCUT2D eigenvalue weighted by Crippen LogP contribution is 2.33. The Labute approximate surface area is 204 Å². The SMILES string of the molecule is CCS(=O)(=O)N1CCN(C(=O)c2cc3cc(OC4CCN(C(C)C)CC4)c(Br)cc3[nH]2)CC1. The summed E-state index contributed by atoms with van der Waals surface area (Å²) in [6.45, 7) is 9.62. The van der Waals surface area contributed by atoms with E-state index in [-0.39, 0.29) is 17.8 Å². The summed E-state index contributed by atoms with van der Waals surface area (Å²) >= 11 is 3.62. The van der Waals surface area contributed by atoms with Gasteiger partial charge in [0.25, 0.3) is 5.91 Å². The number of aromatic amines is 1. The molecule has 0 spiro atoms. The van der Waals surface area contributed by atoms with Gasteiger partial charge < -0.3 is 19.5 Å². The lowest BCUT2D eigenvalue weighted by Crippen LogP contribution is -2.50. The molecule has 1 amide bonds. The Bertz CT molecular complexity index is 1100. The predicted octanol–water partition coefficient (Wildman–Crippen LogP) is 3.29. The fraction of sp³-hybridized carbons (Fsp3) is 0.609. The summed E-state index contributed by atoms with van der Waals surface area (Å²) in [4.78, 5) is 20.4. The van der Waals surface area contributed by atoms with Crippen LogP contribution in [-0.4, -0.2) is 90.6 Å². The molecule has 0 atom stereocenters. The van der Waals surface area contributed by atoms with Crippen LogP contribution in [0.25, 0.3) is 10.9 Å². The highest BCUT2D eigenvalue weighted by atomic mass is 79.9. The van der Waals surface area contributed by atoms with Crippen molar-refractivity contribution in [1.29, 1.82) is 0 Å². The quantitative estimate of drug-likeness (QED) is 0.607. The average molecular weight is 542 g/mol. The third kappa shape index (κ3) is 5.39. The molecule has 0 radical (unpaired) electrons. The van der Waals surface area contributed by atoms with Gasteiger partial charge in [-0.15, -0.1) is 0 Å². The smallest absolute Gasteiger partial charge is 0.270 e. The van der Waals surface area contributed by atoms with Gasteiger partial charge in [0.1, 0.15) is 17.5 Å². The second-order valence-electron chi connectivity index (χ2n) is 9.09. The van der Waals surface area contributed by atoms with Crippen molar-refractivity contribution in [3.8, 4) is 5.75 Å². The van der Waals surface area contributed by atoms with Crippen molar-refractivity contribution in [2.24, 2.45) is 0 Å². The number of carbonyl (C=O) groups is 1. The van der Waals surface area contributed by atoms with E-state index in [1.165, 1.54) is 4.31 Å². The van der Waals surface area contributed by atoms with Crippen molar-refractivity contribution < 1.29 is 17.9 Å². The van der Waals surface area contributed by atoms with Crippen LogP contribution in [0.1, 0.15) is 44.1 Å². The standard InChI is InChI=1S/C23H33BrN4O4S/c1-4-33(30,31)28-11-9-27(10-12-28)23(29)21-13-17-14-22(19(24)15-20(17)25-21)32-18-5-7-26(8-6-18)16(2)3/h13-16,18,25H,4-12H2,1-3H3. The van der Waals surface area contributed by atoms with Crippen LogP contribution in [0.3, 0.4) is 0 Å². The highest BCUT2D eigenvalue weighted by Gasteiger charge is 2.29. The molecule has 4 rings (SSSR count). The molecule has 0 aliphatic carbocycles. The Kier molecular flexibility index (Phi) is 7.38. The Hall–Kier alpha value is -1.62. The Morgan fingerprint density at radius 2 is 1.79 bits per heavy atom. The Balaban J connectivity index is 1.43. The molecule has 1 aromatic heterocycles. The van der Waals surface area contributed by atoms with Gasteiger partial charge in [0.05, 0.1) is 10.2 Å². The fourth-order valence-electron chi connectivity index (χ4n) is 4.55. The molecule has 2 aliphatic rings. The topological polar surface area (TPSA) is 85.9 Å². The summed E-state index contributed by atoms with van der Waals surface area (Å²) in [5, 5.41) is 0.920. The third-order valence-electron chi connectivity index (χ3n) is 6.69. The molecule has 8 nitrogen and oxygen atoms in total. The van der Waals surface area contributed by atoms with Gasteiger partial charge in [-0.25, -0.2) is 8.42 Å². The van der Waals surface area contributed by atoms with Crippen LogP contribution in [0.2, 0.25) is 0 Å². The number of halogens is 1. The fourth-order valence-corrected chi connectivity index (χ4v) is 6.07. The number of nitrogens with zero attached hydrogens (tertiary/aromatic N) is 3. The zero-order valence-electron chi connectivity index (χ0n) is 19.5. The summed E-state index contributed by atoms with van der Waals surface area (Å²) in [5.74, 6) is 0.764. The largest absolute Gasteiger partial charge is 0.489 e. The number of H-pyrrole nitrogens is 1. The first-order valence-electron chi connectivity index (χ1n) is 11.7. The van der Waals surface area contributed by atoms with Crippen LogP contribution in [0.15, 0.2) is 22.7 Å². The van der Waals surface area contributed by atoms with Gasteiger partial charge in [-0.3, -0.25) is 4.79 Å². The van der Waals surface area contributed by atoms with E-state index in [1.54, 1.807) is 11.8 Å². The minimum absolute atomic E-state index is 0.0824. The van der Waals surface area contributed by atoms with E-state index < -0.39 is 10.0 Å². The molecule has 10 heteroatoms. The van der Waals surface area contributed by atoms with Crippen molar-refractivity contribution in [2.75, 3.05) is 45.0 Å². The highest BCUT2D eigenvalue weighted by molar-refractivity contribution is 9.10. The number of carbonyl (C=O) groups excluding carboxylic acids is 1. The number of benzene rings is 1. The van der Waals surface area contributed by atoms with E-state index in [1.807, 2.05) is 18.2 Å². The Morgan fingerprint density at radius 1 is 1.12 bits per heavy atom. The summed E-state index contributed by atoms with van der Waals surface area (Å²) in [6, 6.07) is 6.35. The van der Waals surface area contributed by atoms with Gasteiger partial charge in [-0.2, -0.15) is 4.31 Å². The summed E-state index contributed by atoms with van der Waals surface area (Å²) in [7, 11) is -3.22. The summed E-state index contributed by atoms with van der Waals surface area (Å²) in [6.07, 6.45) is 2.18. The molecule has 2 fully saturated rings. The van der Waals surface area contributed by atoms with E-state index in [2.05, 4.69) is 39.7 Å². The number of hydrogen-bond donors (Lipinski definition) is 1. The zero-order chi connectivity index (χ0) is 23.8. The minimum atomic E-state index is -3.22. The monoisotopic (exact) mass is 540 g/mol. The average Bonchev–Trinajstić information content (AvgIpc) is 3.22. The lowest BCUT2D eigenvalue weighted by molar-refractivity contribution is 0.0693. The van der Waals surface area contributed by atoms with Crippen molar-refractivity contribution >= 4 is 42.8 Å². The number of ether oxygens (including phenoxy) is 1. The molecular formula is C23H33BrN4O4S. The number of likely N-dealkylation sites (tertiary alicyclic amines) is 1. The van der Waals surface area contributed by atoms with E-state index in [0.29, 0.717) is 37.9 Å². The lowest BCUT2D eigenvalue weighted by Gasteiger charge is -2.34. The first-order chi connectivity index (χ1) is 15.7.